The number of amides is 1. The Balaban J connectivity index is 1.49. The number of hydrogen-bond acceptors (Lipinski definition) is 4. The maximum atomic E-state index is 15.3. The highest BCUT2D eigenvalue weighted by atomic mass is 19.1. The van der Waals surface area contributed by atoms with E-state index < -0.39 is 5.82 Å². The van der Waals surface area contributed by atoms with Gasteiger partial charge in [0.05, 0.1) is 16.7 Å². The van der Waals surface area contributed by atoms with Gasteiger partial charge >= 0.3 is 5.69 Å². The molecule has 5 rings (SSSR count). The number of ether oxygens (including phenoxy) is 1. The second-order valence-corrected chi connectivity index (χ2v) is 9.96. The molecule has 0 saturated heterocycles. The van der Waals surface area contributed by atoms with Crippen molar-refractivity contribution in [3.05, 3.63) is 99.0 Å². The summed E-state index contributed by atoms with van der Waals surface area (Å²) in [5.74, 6) is -0.664. The normalized spacial score (nSPS) is 11.2. The number of hydrogen-bond donors (Lipinski definition) is 2. The number of nitrogens with zero attached hydrogens (tertiary/aromatic N) is 3. The Morgan fingerprint density at radius 1 is 1.03 bits per heavy atom. The summed E-state index contributed by atoms with van der Waals surface area (Å²) in [5.41, 5.74) is 7.01. The van der Waals surface area contributed by atoms with Crippen molar-refractivity contribution in [3.63, 3.8) is 0 Å². The fourth-order valence-corrected chi connectivity index (χ4v) is 4.82. The molecule has 0 saturated carbocycles. The van der Waals surface area contributed by atoms with Crippen molar-refractivity contribution in [2.75, 3.05) is 5.32 Å². The first kappa shape index (κ1) is 26.0. The largest absolute Gasteiger partial charge is 0.484 e. The fourth-order valence-electron chi connectivity index (χ4n) is 4.82. The van der Waals surface area contributed by atoms with E-state index >= 15 is 4.39 Å². The Hall–Kier alpha value is -4.66. The van der Waals surface area contributed by atoms with E-state index in [1.54, 1.807) is 14.0 Å². The third-order valence-corrected chi connectivity index (χ3v) is 6.68. The second-order valence-electron chi connectivity index (χ2n) is 9.96. The third kappa shape index (κ3) is 5.20. The number of halogens is 1. The van der Waals surface area contributed by atoms with E-state index in [1.807, 2.05) is 69.3 Å². The molecule has 0 aliphatic heterocycles. The van der Waals surface area contributed by atoms with Gasteiger partial charge in [-0.25, -0.2) is 9.18 Å². The zero-order valence-electron chi connectivity index (χ0n) is 22.6. The molecule has 0 aliphatic carbocycles. The summed E-state index contributed by atoms with van der Waals surface area (Å²) in [6, 6.07) is 16.3. The number of aromatic nitrogens is 4. The number of H-pyrrole nitrogens is 1. The summed E-state index contributed by atoms with van der Waals surface area (Å²) in [6.45, 7) is 7.53. The standard InChI is InChI=1S/C30H30FN5O3/c1-17-6-8-22(9-7-17)32-27(37)15-36-26-11-18(2)10-24(28(26)35(5)30(36)38)21-12-19(3)29(25(31)14-21)39-16-23-13-20(4)33-34-23/h6-14H,15-16H2,1-5H3,(H,32,37)(H,33,34). The average Bonchev–Trinajstić information content (AvgIpc) is 3.40. The SMILES string of the molecule is Cc1ccc(NC(=O)Cn2c(=O)n(C)c3c(-c4cc(C)c(OCc5cc(C)[nH]n5)c(F)c4)cc(C)cc32)cc1. The predicted octanol–water partition coefficient (Wildman–Crippen LogP) is 5.32. The Labute approximate surface area is 225 Å². The molecule has 39 heavy (non-hydrogen) atoms. The molecular weight excluding hydrogens is 497 g/mol. The molecule has 0 bridgehead atoms. The van der Waals surface area contributed by atoms with Crippen LogP contribution in [0.2, 0.25) is 0 Å². The van der Waals surface area contributed by atoms with Gasteiger partial charge in [0, 0.05) is 24.0 Å². The molecule has 2 N–H and O–H groups in total. The number of aromatic amines is 1. The Morgan fingerprint density at radius 2 is 1.77 bits per heavy atom. The molecule has 0 fully saturated rings. The van der Waals surface area contributed by atoms with E-state index in [2.05, 4.69) is 15.5 Å². The number of carbonyl (C=O) groups excluding carboxylic acids is 1. The molecule has 0 unspecified atom stereocenters. The van der Waals surface area contributed by atoms with Gasteiger partial charge in [-0.15, -0.1) is 0 Å². The maximum absolute atomic E-state index is 15.3. The van der Waals surface area contributed by atoms with Crippen LogP contribution < -0.4 is 15.7 Å². The van der Waals surface area contributed by atoms with E-state index in [4.69, 9.17) is 4.74 Å². The van der Waals surface area contributed by atoms with Gasteiger partial charge in [0.1, 0.15) is 13.2 Å². The van der Waals surface area contributed by atoms with Gasteiger partial charge in [-0.05, 0) is 86.8 Å². The number of rotatable bonds is 7. The lowest BCUT2D eigenvalue weighted by Crippen LogP contribution is -2.28. The Morgan fingerprint density at radius 3 is 2.44 bits per heavy atom. The number of anilines is 1. The average molecular weight is 528 g/mol. The summed E-state index contributed by atoms with van der Waals surface area (Å²) in [7, 11) is 1.66. The summed E-state index contributed by atoms with van der Waals surface area (Å²) in [4.78, 5) is 26.1. The molecular formula is C30H30FN5O3. The molecule has 0 spiro atoms. The van der Waals surface area contributed by atoms with Crippen LogP contribution in [0.1, 0.15) is 28.1 Å². The number of aryl methyl sites for hydroxylation is 5. The van der Waals surface area contributed by atoms with Crippen molar-refractivity contribution < 1.29 is 13.9 Å². The van der Waals surface area contributed by atoms with Crippen LogP contribution in [-0.4, -0.2) is 25.2 Å². The van der Waals surface area contributed by atoms with Gasteiger partial charge in [-0.3, -0.25) is 19.0 Å². The van der Waals surface area contributed by atoms with Gasteiger partial charge in [0.15, 0.2) is 11.6 Å². The van der Waals surface area contributed by atoms with Crippen molar-refractivity contribution in [3.8, 4) is 16.9 Å². The van der Waals surface area contributed by atoms with E-state index in [0.717, 1.165) is 16.8 Å². The van der Waals surface area contributed by atoms with Crippen molar-refractivity contribution in [1.29, 1.82) is 0 Å². The second kappa shape index (κ2) is 10.2. The highest BCUT2D eigenvalue weighted by molar-refractivity contribution is 5.96. The van der Waals surface area contributed by atoms with E-state index in [9.17, 15) is 9.59 Å². The third-order valence-electron chi connectivity index (χ3n) is 6.68. The van der Waals surface area contributed by atoms with Crippen LogP contribution in [0.15, 0.2) is 59.4 Å². The Bertz CT molecular complexity index is 1740. The molecule has 200 valence electrons. The molecule has 2 aromatic heterocycles. The lowest BCUT2D eigenvalue weighted by molar-refractivity contribution is -0.116. The zero-order valence-corrected chi connectivity index (χ0v) is 22.6. The number of carbonyl (C=O) groups is 1. The predicted molar refractivity (Wildman–Crippen MR) is 150 cm³/mol. The van der Waals surface area contributed by atoms with Crippen LogP contribution in [0, 0.1) is 33.5 Å². The number of nitrogens with one attached hydrogen (secondary N) is 2. The lowest BCUT2D eigenvalue weighted by atomic mass is 9.99. The van der Waals surface area contributed by atoms with E-state index in [-0.39, 0.29) is 30.5 Å². The molecule has 0 radical (unpaired) electrons. The van der Waals surface area contributed by atoms with Gasteiger partial charge in [0.2, 0.25) is 5.91 Å². The first-order valence-corrected chi connectivity index (χ1v) is 12.6. The van der Waals surface area contributed by atoms with Gasteiger partial charge in [0.25, 0.3) is 0 Å². The zero-order chi connectivity index (χ0) is 27.8. The molecule has 0 atom stereocenters. The molecule has 9 heteroatoms. The summed E-state index contributed by atoms with van der Waals surface area (Å²) < 4.78 is 24.0. The maximum Gasteiger partial charge on any atom is 0.329 e. The molecule has 0 aliphatic rings. The van der Waals surface area contributed by atoms with E-state index in [1.165, 1.54) is 15.2 Å². The lowest BCUT2D eigenvalue weighted by Gasteiger charge is -2.13. The topological polar surface area (TPSA) is 93.9 Å². The molecule has 3 aromatic carbocycles. The highest BCUT2D eigenvalue weighted by Crippen LogP contribution is 2.34. The summed E-state index contributed by atoms with van der Waals surface area (Å²) in [5, 5.41) is 9.82. The van der Waals surface area contributed by atoms with Crippen LogP contribution in [0.4, 0.5) is 10.1 Å². The van der Waals surface area contributed by atoms with Gasteiger partial charge in [-0.1, -0.05) is 17.7 Å². The monoisotopic (exact) mass is 527 g/mol. The minimum atomic E-state index is -0.506. The van der Waals surface area contributed by atoms with Gasteiger partial charge in [-0.2, -0.15) is 5.10 Å². The first-order valence-electron chi connectivity index (χ1n) is 12.6. The van der Waals surface area contributed by atoms with Crippen LogP contribution in [0.3, 0.4) is 0 Å². The molecule has 1 amide bonds. The van der Waals surface area contributed by atoms with Crippen LogP contribution in [0.5, 0.6) is 5.75 Å². The highest BCUT2D eigenvalue weighted by Gasteiger charge is 2.20. The summed E-state index contributed by atoms with van der Waals surface area (Å²) in [6.07, 6.45) is 0. The van der Waals surface area contributed by atoms with E-state index in [0.29, 0.717) is 39.1 Å². The van der Waals surface area contributed by atoms with Crippen molar-refractivity contribution in [1.82, 2.24) is 19.3 Å². The minimum Gasteiger partial charge on any atom is -0.484 e. The first-order chi connectivity index (χ1) is 18.6. The van der Waals surface area contributed by atoms with Crippen molar-refractivity contribution in [2.24, 2.45) is 7.05 Å². The van der Waals surface area contributed by atoms with Crippen LogP contribution >= 0.6 is 0 Å². The van der Waals surface area contributed by atoms with Crippen LogP contribution in [0.25, 0.3) is 22.2 Å². The quantitative estimate of drug-likeness (QED) is 0.300. The molecule has 2 heterocycles. The summed E-state index contributed by atoms with van der Waals surface area (Å²) >= 11 is 0. The molecule has 5 aromatic rings. The van der Waals surface area contributed by atoms with Crippen molar-refractivity contribution in [2.45, 2.75) is 40.8 Å². The van der Waals surface area contributed by atoms with Crippen molar-refractivity contribution >= 4 is 22.6 Å². The number of imidazole rings is 1. The smallest absolute Gasteiger partial charge is 0.329 e. The fraction of sp³-hybridized carbons (Fsp3) is 0.233. The molecule has 8 nitrogen and oxygen atoms in total. The number of fused-ring (bicyclic) bond motifs is 1. The van der Waals surface area contributed by atoms with Crippen LogP contribution in [-0.2, 0) is 25.0 Å². The number of benzene rings is 3. The minimum absolute atomic E-state index is 0.137. The van der Waals surface area contributed by atoms with Gasteiger partial charge < -0.3 is 10.1 Å². The Kier molecular flexibility index (Phi) is 6.82.